The summed E-state index contributed by atoms with van der Waals surface area (Å²) in [6.07, 6.45) is 7.49. The van der Waals surface area contributed by atoms with E-state index in [1.807, 2.05) is 35.8 Å². The zero-order chi connectivity index (χ0) is 17.6. The second-order valence-electron chi connectivity index (χ2n) is 6.29. The molecule has 0 radical (unpaired) electrons. The van der Waals surface area contributed by atoms with Crippen molar-refractivity contribution in [3.05, 3.63) is 34.5 Å². The van der Waals surface area contributed by atoms with E-state index in [-0.39, 0.29) is 0 Å². The molecule has 1 aromatic carbocycles. The number of benzene rings is 1. The van der Waals surface area contributed by atoms with E-state index >= 15 is 0 Å². The maximum Gasteiger partial charge on any atom is 0.193 e. The van der Waals surface area contributed by atoms with Crippen molar-refractivity contribution in [2.75, 3.05) is 19.0 Å². The van der Waals surface area contributed by atoms with Crippen LogP contribution in [0.15, 0.2) is 28.3 Å². The van der Waals surface area contributed by atoms with Gasteiger partial charge in [0.2, 0.25) is 0 Å². The lowest BCUT2D eigenvalue weighted by Crippen LogP contribution is -2.16. The molecule has 9 nitrogen and oxygen atoms in total. The summed E-state index contributed by atoms with van der Waals surface area (Å²) in [5.41, 5.74) is 10.8. The molecule has 0 amide bonds. The monoisotopic (exact) mass is 339 g/mol. The number of azide groups is 1. The van der Waals surface area contributed by atoms with E-state index in [0.717, 1.165) is 18.5 Å². The van der Waals surface area contributed by atoms with Crippen LogP contribution in [-0.4, -0.2) is 40.5 Å². The molecule has 1 aliphatic carbocycles. The number of nitrogens with zero attached hydrogens (tertiary/aromatic N) is 9. The van der Waals surface area contributed by atoms with Gasteiger partial charge in [-0.25, -0.2) is 4.68 Å². The minimum Gasteiger partial charge on any atom is -0.378 e. The molecule has 0 N–H and O–H groups in total. The van der Waals surface area contributed by atoms with Crippen LogP contribution in [0.2, 0.25) is 0 Å². The number of hydrogen-bond acceptors (Lipinski definition) is 6. The number of aliphatic imine (C=N–C) groups is 1. The van der Waals surface area contributed by atoms with Gasteiger partial charge in [0.25, 0.3) is 0 Å². The number of rotatable bonds is 5. The van der Waals surface area contributed by atoms with Crippen LogP contribution < -0.4 is 4.90 Å². The maximum atomic E-state index is 8.80. The Hall–Kier alpha value is -2.93. The average molecular weight is 339 g/mol. The summed E-state index contributed by atoms with van der Waals surface area (Å²) in [5.74, 6) is 0.621. The van der Waals surface area contributed by atoms with Crippen molar-refractivity contribution in [1.82, 2.24) is 20.2 Å². The van der Waals surface area contributed by atoms with Crippen LogP contribution in [0.4, 0.5) is 17.1 Å². The zero-order valence-electron chi connectivity index (χ0n) is 14.4. The van der Waals surface area contributed by atoms with Gasteiger partial charge in [-0.3, -0.25) is 4.99 Å². The molecule has 0 saturated heterocycles. The second-order valence-corrected chi connectivity index (χ2v) is 6.29. The van der Waals surface area contributed by atoms with E-state index in [1.165, 1.54) is 19.3 Å². The van der Waals surface area contributed by atoms with Crippen molar-refractivity contribution < 1.29 is 0 Å². The molecule has 25 heavy (non-hydrogen) atoms. The highest BCUT2D eigenvalue weighted by Gasteiger charge is 2.19. The van der Waals surface area contributed by atoms with Crippen molar-refractivity contribution in [2.24, 2.45) is 10.1 Å². The summed E-state index contributed by atoms with van der Waals surface area (Å²) in [4.78, 5) is 9.28. The van der Waals surface area contributed by atoms with Crippen molar-refractivity contribution in [2.45, 2.75) is 38.1 Å². The van der Waals surface area contributed by atoms with E-state index in [0.29, 0.717) is 23.2 Å². The number of hydrogen-bond donors (Lipinski definition) is 0. The van der Waals surface area contributed by atoms with Crippen LogP contribution in [0.25, 0.3) is 10.4 Å². The summed E-state index contributed by atoms with van der Waals surface area (Å²) in [6, 6.07) is 5.88. The maximum absolute atomic E-state index is 8.80. The average Bonchev–Trinajstić information content (AvgIpc) is 3.10. The fourth-order valence-corrected chi connectivity index (χ4v) is 3.03. The summed E-state index contributed by atoms with van der Waals surface area (Å²) >= 11 is 0. The highest BCUT2D eigenvalue weighted by atomic mass is 15.5. The van der Waals surface area contributed by atoms with Crippen molar-refractivity contribution in [1.29, 1.82) is 0 Å². The number of anilines is 1. The van der Waals surface area contributed by atoms with Crippen molar-refractivity contribution in [3.8, 4) is 0 Å². The van der Waals surface area contributed by atoms with E-state index in [2.05, 4.69) is 30.5 Å². The van der Waals surface area contributed by atoms with E-state index in [1.54, 1.807) is 12.3 Å². The first-order valence-corrected chi connectivity index (χ1v) is 8.37. The highest BCUT2D eigenvalue weighted by Crippen LogP contribution is 2.32. The van der Waals surface area contributed by atoms with Gasteiger partial charge in [0.05, 0.1) is 23.6 Å². The Morgan fingerprint density at radius 3 is 2.76 bits per heavy atom. The molecule has 0 bridgehead atoms. The summed E-state index contributed by atoms with van der Waals surface area (Å²) in [5, 5.41) is 15.7. The molecule has 0 atom stereocenters. The Kier molecular flexibility index (Phi) is 5.25. The predicted molar refractivity (Wildman–Crippen MR) is 96.8 cm³/mol. The SMILES string of the molecule is CN(C)c1ccc(N=Cc2nnnn2C2CCCCC2)c(N=[N+]=[N-])c1. The molecular formula is C16H21N9. The van der Waals surface area contributed by atoms with Gasteiger partial charge in [-0.2, -0.15) is 0 Å². The molecule has 2 aromatic rings. The Balaban J connectivity index is 1.87. The third-order valence-electron chi connectivity index (χ3n) is 4.39. The van der Waals surface area contributed by atoms with E-state index < -0.39 is 0 Å². The van der Waals surface area contributed by atoms with Crippen molar-refractivity contribution in [3.63, 3.8) is 0 Å². The second kappa shape index (κ2) is 7.76. The molecular weight excluding hydrogens is 318 g/mol. The Bertz CT molecular complexity index is 796. The lowest BCUT2D eigenvalue weighted by molar-refractivity contribution is 0.323. The molecule has 0 unspecified atom stereocenters. The molecule has 1 aromatic heterocycles. The minimum absolute atomic E-state index is 0.331. The highest BCUT2D eigenvalue weighted by molar-refractivity contribution is 5.81. The quantitative estimate of drug-likeness (QED) is 0.356. The van der Waals surface area contributed by atoms with Gasteiger partial charge in [0, 0.05) is 24.7 Å². The van der Waals surface area contributed by atoms with Gasteiger partial charge in [0.1, 0.15) is 0 Å². The molecule has 130 valence electrons. The van der Waals surface area contributed by atoms with Crippen LogP contribution in [0.3, 0.4) is 0 Å². The van der Waals surface area contributed by atoms with Crippen LogP contribution in [0.5, 0.6) is 0 Å². The van der Waals surface area contributed by atoms with Gasteiger partial charge < -0.3 is 4.90 Å². The first-order valence-electron chi connectivity index (χ1n) is 8.37. The largest absolute Gasteiger partial charge is 0.378 e. The molecule has 9 heteroatoms. The molecule has 1 saturated carbocycles. The number of aromatic nitrogens is 4. The molecule has 0 spiro atoms. The summed E-state index contributed by atoms with van der Waals surface area (Å²) < 4.78 is 1.85. The van der Waals surface area contributed by atoms with Crippen LogP contribution in [0.1, 0.15) is 44.0 Å². The third-order valence-corrected chi connectivity index (χ3v) is 4.39. The first kappa shape index (κ1) is 16.9. The van der Waals surface area contributed by atoms with Crippen LogP contribution in [0, 0.1) is 0 Å². The van der Waals surface area contributed by atoms with Gasteiger partial charge >= 0.3 is 0 Å². The predicted octanol–water partition coefficient (Wildman–Crippen LogP) is 3.94. The normalized spacial score (nSPS) is 15.3. The van der Waals surface area contributed by atoms with Gasteiger partial charge in [0.15, 0.2) is 5.82 Å². The molecule has 1 fully saturated rings. The third kappa shape index (κ3) is 3.95. The smallest absolute Gasteiger partial charge is 0.193 e. The molecule has 1 heterocycles. The fraction of sp³-hybridized carbons (Fsp3) is 0.500. The number of tetrazole rings is 1. The lowest BCUT2D eigenvalue weighted by atomic mass is 9.96. The Morgan fingerprint density at radius 1 is 1.24 bits per heavy atom. The first-order chi connectivity index (χ1) is 12.2. The fourth-order valence-electron chi connectivity index (χ4n) is 3.03. The Labute approximate surface area is 146 Å². The zero-order valence-corrected chi connectivity index (χ0v) is 14.4. The van der Waals surface area contributed by atoms with E-state index in [4.69, 9.17) is 5.53 Å². The van der Waals surface area contributed by atoms with Gasteiger partial charge in [-0.05, 0) is 47.0 Å². The van der Waals surface area contributed by atoms with Gasteiger partial charge in [-0.15, -0.1) is 5.10 Å². The minimum atomic E-state index is 0.331. The van der Waals surface area contributed by atoms with Crippen molar-refractivity contribution >= 4 is 23.3 Å². The lowest BCUT2D eigenvalue weighted by Gasteiger charge is -2.21. The molecule has 0 aliphatic heterocycles. The van der Waals surface area contributed by atoms with Crippen LogP contribution in [-0.2, 0) is 0 Å². The standard InChI is InChI=1S/C16H21N9/c1-24(2)13-8-9-14(15(10-13)19-21-17)18-11-16-20-22-23-25(16)12-6-4-3-5-7-12/h8-12H,3-7H2,1-2H3. The van der Waals surface area contributed by atoms with E-state index in [9.17, 15) is 0 Å². The van der Waals surface area contributed by atoms with Crippen LogP contribution >= 0.6 is 0 Å². The molecule has 1 aliphatic rings. The molecule has 3 rings (SSSR count). The Morgan fingerprint density at radius 2 is 2.04 bits per heavy atom. The van der Waals surface area contributed by atoms with Gasteiger partial charge in [-0.1, -0.05) is 24.4 Å². The topological polar surface area (TPSA) is 108 Å². The summed E-state index contributed by atoms with van der Waals surface area (Å²) in [7, 11) is 3.85. The summed E-state index contributed by atoms with van der Waals surface area (Å²) in [6.45, 7) is 0.